The molecule has 0 atom stereocenters. The SMILES string of the molecule is CCCCNC(=O)c1ccc(NCCc2ccccc2OC)nc1. The highest BCUT2D eigenvalue weighted by Gasteiger charge is 2.05. The molecule has 0 aliphatic heterocycles. The van der Waals surface area contributed by atoms with Crippen LogP contribution in [0, 0.1) is 0 Å². The highest BCUT2D eigenvalue weighted by molar-refractivity contribution is 5.94. The summed E-state index contributed by atoms with van der Waals surface area (Å²) in [6, 6.07) is 11.6. The zero-order valence-corrected chi connectivity index (χ0v) is 14.3. The lowest BCUT2D eigenvalue weighted by atomic mass is 10.1. The predicted octanol–water partition coefficient (Wildman–Crippen LogP) is 3.27. The van der Waals surface area contributed by atoms with E-state index < -0.39 is 0 Å². The lowest BCUT2D eigenvalue weighted by molar-refractivity contribution is 0.0953. The van der Waals surface area contributed by atoms with Gasteiger partial charge in [-0.1, -0.05) is 31.5 Å². The van der Waals surface area contributed by atoms with Crippen LogP contribution in [0.5, 0.6) is 5.75 Å². The first-order valence-electron chi connectivity index (χ1n) is 8.34. The Hall–Kier alpha value is -2.56. The lowest BCUT2D eigenvalue weighted by Crippen LogP contribution is -2.24. The Morgan fingerprint density at radius 1 is 1.17 bits per heavy atom. The number of rotatable bonds is 9. The number of aromatic nitrogens is 1. The summed E-state index contributed by atoms with van der Waals surface area (Å²) >= 11 is 0. The maximum absolute atomic E-state index is 11.9. The summed E-state index contributed by atoms with van der Waals surface area (Å²) < 4.78 is 5.34. The van der Waals surface area contributed by atoms with E-state index in [1.807, 2.05) is 24.3 Å². The Bertz CT molecular complexity index is 641. The molecular formula is C19H25N3O2. The van der Waals surface area contributed by atoms with Crippen LogP contribution in [0.1, 0.15) is 35.7 Å². The third-order valence-corrected chi connectivity index (χ3v) is 3.73. The summed E-state index contributed by atoms with van der Waals surface area (Å²) in [5, 5.41) is 6.15. The van der Waals surface area contributed by atoms with Crippen molar-refractivity contribution < 1.29 is 9.53 Å². The average molecular weight is 327 g/mol. The zero-order valence-electron chi connectivity index (χ0n) is 14.3. The summed E-state index contributed by atoms with van der Waals surface area (Å²) in [6.45, 7) is 3.54. The highest BCUT2D eigenvalue weighted by atomic mass is 16.5. The fourth-order valence-electron chi connectivity index (χ4n) is 2.35. The van der Waals surface area contributed by atoms with Crippen molar-refractivity contribution in [3.63, 3.8) is 0 Å². The number of unbranched alkanes of at least 4 members (excludes halogenated alkanes) is 1. The average Bonchev–Trinajstić information content (AvgIpc) is 2.63. The lowest BCUT2D eigenvalue weighted by Gasteiger charge is -2.10. The molecule has 0 fully saturated rings. The Labute approximate surface area is 143 Å². The van der Waals surface area contributed by atoms with Crippen LogP contribution < -0.4 is 15.4 Å². The van der Waals surface area contributed by atoms with Crippen LogP contribution in [0.2, 0.25) is 0 Å². The molecule has 0 aliphatic rings. The van der Waals surface area contributed by atoms with Crippen LogP contribution in [0.4, 0.5) is 5.82 Å². The molecular weight excluding hydrogens is 302 g/mol. The van der Waals surface area contributed by atoms with Crippen molar-refractivity contribution in [1.82, 2.24) is 10.3 Å². The van der Waals surface area contributed by atoms with Gasteiger partial charge in [0.2, 0.25) is 0 Å². The molecule has 1 heterocycles. The number of anilines is 1. The van der Waals surface area contributed by atoms with Gasteiger partial charge in [-0.05, 0) is 36.6 Å². The van der Waals surface area contributed by atoms with Gasteiger partial charge >= 0.3 is 0 Å². The van der Waals surface area contributed by atoms with Crippen molar-refractivity contribution in [2.24, 2.45) is 0 Å². The smallest absolute Gasteiger partial charge is 0.252 e. The number of nitrogens with zero attached hydrogens (tertiary/aromatic N) is 1. The van der Waals surface area contributed by atoms with E-state index in [0.29, 0.717) is 12.1 Å². The fourth-order valence-corrected chi connectivity index (χ4v) is 2.35. The Kier molecular flexibility index (Phi) is 7.08. The third-order valence-electron chi connectivity index (χ3n) is 3.73. The molecule has 5 heteroatoms. The number of para-hydroxylation sites is 1. The second-order valence-corrected chi connectivity index (χ2v) is 5.53. The van der Waals surface area contributed by atoms with Gasteiger partial charge in [0.05, 0.1) is 12.7 Å². The van der Waals surface area contributed by atoms with E-state index in [2.05, 4.69) is 28.6 Å². The minimum Gasteiger partial charge on any atom is -0.496 e. The summed E-state index contributed by atoms with van der Waals surface area (Å²) in [5.74, 6) is 1.58. The first kappa shape index (κ1) is 17.8. The quantitative estimate of drug-likeness (QED) is 0.694. The second kappa shape index (κ2) is 9.55. The van der Waals surface area contributed by atoms with Gasteiger partial charge in [0.25, 0.3) is 5.91 Å². The number of amides is 1. The van der Waals surface area contributed by atoms with E-state index in [9.17, 15) is 4.79 Å². The molecule has 0 radical (unpaired) electrons. The number of ether oxygens (including phenoxy) is 1. The van der Waals surface area contributed by atoms with Gasteiger partial charge in [-0.3, -0.25) is 4.79 Å². The van der Waals surface area contributed by atoms with Crippen molar-refractivity contribution >= 4 is 11.7 Å². The zero-order chi connectivity index (χ0) is 17.2. The molecule has 2 aromatic rings. The fraction of sp³-hybridized carbons (Fsp3) is 0.368. The second-order valence-electron chi connectivity index (χ2n) is 5.53. The highest BCUT2D eigenvalue weighted by Crippen LogP contribution is 2.17. The van der Waals surface area contributed by atoms with E-state index in [1.54, 1.807) is 19.4 Å². The van der Waals surface area contributed by atoms with Gasteiger partial charge in [-0.2, -0.15) is 0 Å². The molecule has 1 aromatic carbocycles. The minimum atomic E-state index is -0.0727. The minimum absolute atomic E-state index is 0.0727. The number of nitrogens with one attached hydrogen (secondary N) is 2. The number of methoxy groups -OCH3 is 1. The maximum Gasteiger partial charge on any atom is 0.252 e. The Morgan fingerprint density at radius 2 is 2.00 bits per heavy atom. The van der Waals surface area contributed by atoms with Crippen molar-refractivity contribution in [1.29, 1.82) is 0 Å². The van der Waals surface area contributed by atoms with E-state index in [-0.39, 0.29) is 5.91 Å². The number of hydrogen-bond donors (Lipinski definition) is 2. The van der Waals surface area contributed by atoms with Gasteiger partial charge in [0.1, 0.15) is 11.6 Å². The number of hydrogen-bond acceptors (Lipinski definition) is 4. The van der Waals surface area contributed by atoms with Crippen LogP contribution in [-0.4, -0.2) is 31.1 Å². The molecule has 5 nitrogen and oxygen atoms in total. The van der Waals surface area contributed by atoms with E-state index >= 15 is 0 Å². The van der Waals surface area contributed by atoms with Crippen molar-refractivity contribution in [2.75, 3.05) is 25.5 Å². The summed E-state index contributed by atoms with van der Waals surface area (Å²) in [7, 11) is 1.68. The molecule has 0 bridgehead atoms. The van der Waals surface area contributed by atoms with Gasteiger partial charge < -0.3 is 15.4 Å². The van der Waals surface area contributed by atoms with Crippen molar-refractivity contribution in [3.8, 4) is 5.75 Å². The molecule has 0 aliphatic carbocycles. The molecule has 1 aromatic heterocycles. The molecule has 0 saturated carbocycles. The number of carbonyl (C=O) groups is 1. The van der Waals surface area contributed by atoms with Crippen LogP contribution in [0.25, 0.3) is 0 Å². The van der Waals surface area contributed by atoms with Crippen molar-refractivity contribution in [2.45, 2.75) is 26.2 Å². The van der Waals surface area contributed by atoms with Crippen LogP contribution >= 0.6 is 0 Å². The third kappa shape index (κ3) is 5.26. The first-order valence-corrected chi connectivity index (χ1v) is 8.34. The van der Waals surface area contributed by atoms with Crippen LogP contribution in [0.3, 0.4) is 0 Å². The molecule has 2 N–H and O–H groups in total. The molecule has 0 saturated heterocycles. The monoisotopic (exact) mass is 327 g/mol. The van der Waals surface area contributed by atoms with Crippen molar-refractivity contribution in [3.05, 3.63) is 53.7 Å². The van der Waals surface area contributed by atoms with Gasteiger partial charge in [-0.25, -0.2) is 4.98 Å². The van der Waals surface area contributed by atoms with Gasteiger partial charge in [0, 0.05) is 19.3 Å². The Balaban J connectivity index is 1.82. The predicted molar refractivity (Wildman–Crippen MR) is 96.7 cm³/mol. The van der Waals surface area contributed by atoms with Crippen LogP contribution in [-0.2, 0) is 6.42 Å². The largest absolute Gasteiger partial charge is 0.496 e. The van der Waals surface area contributed by atoms with Gasteiger partial charge in [0.15, 0.2) is 0 Å². The Morgan fingerprint density at radius 3 is 2.71 bits per heavy atom. The summed E-state index contributed by atoms with van der Waals surface area (Å²) in [4.78, 5) is 16.2. The first-order chi connectivity index (χ1) is 11.7. The number of pyridine rings is 1. The molecule has 2 rings (SSSR count). The number of carbonyl (C=O) groups excluding carboxylic acids is 1. The molecule has 0 unspecified atom stereocenters. The van der Waals surface area contributed by atoms with Gasteiger partial charge in [-0.15, -0.1) is 0 Å². The maximum atomic E-state index is 11.9. The topological polar surface area (TPSA) is 63.2 Å². The normalized spacial score (nSPS) is 10.2. The molecule has 1 amide bonds. The molecule has 128 valence electrons. The summed E-state index contributed by atoms with van der Waals surface area (Å²) in [6.07, 6.45) is 4.49. The summed E-state index contributed by atoms with van der Waals surface area (Å²) in [5.41, 5.74) is 1.74. The van der Waals surface area contributed by atoms with E-state index in [4.69, 9.17) is 4.74 Å². The van der Waals surface area contributed by atoms with E-state index in [1.165, 1.54) is 0 Å². The molecule has 0 spiro atoms. The molecule has 24 heavy (non-hydrogen) atoms. The standard InChI is InChI=1S/C19H25N3O2/c1-3-4-12-21-19(23)16-9-10-18(22-14-16)20-13-11-15-7-5-6-8-17(15)24-2/h5-10,14H,3-4,11-13H2,1-2H3,(H,20,22)(H,21,23). The number of benzene rings is 1. The van der Waals surface area contributed by atoms with E-state index in [0.717, 1.165) is 42.9 Å². The van der Waals surface area contributed by atoms with Crippen LogP contribution in [0.15, 0.2) is 42.6 Å².